The van der Waals surface area contributed by atoms with Gasteiger partial charge in [0.15, 0.2) is 0 Å². The van der Waals surface area contributed by atoms with E-state index in [9.17, 15) is 0 Å². The summed E-state index contributed by atoms with van der Waals surface area (Å²) in [4.78, 5) is 16.0. The molecule has 1 fully saturated rings. The van der Waals surface area contributed by atoms with Gasteiger partial charge in [0.25, 0.3) is 0 Å². The number of para-hydroxylation sites is 1. The van der Waals surface area contributed by atoms with Crippen molar-refractivity contribution in [1.82, 2.24) is 20.3 Å². The molecule has 3 N–H and O–H groups in total. The lowest BCUT2D eigenvalue weighted by atomic mass is 10.3. The lowest BCUT2D eigenvalue weighted by Crippen LogP contribution is -2.44. The van der Waals surface area contributed by atoms with Crippen LogP contribution < -0.4 is 25.6 Å². The molecule has 0 amide bonds. The van der Waals surface area contributed by atoms with E-state index in [-0.39, 0.29) is 0 Å². The molecule has 0 unspecified atom stereocenters. The Kier molecular flexibility index (Phi) is 5.48. The van der Waals surface area contributed by atoms with Crippen molar-refractivity contribution in [1.29, 1.82) is 0 Å². The topological polar surface area (TPSA) is 87.2 Å². The van der Waals surface area contributed by atoms with Crippen LogP contribution in [0.1, 0.15) is 0 Å². The molecule has 1 saturated heterocycles. The maximum atomic E-state index is 5.29. The summed E-state index contributed by atoms with van der Waals surface area (Å²) in [6.07, 6.45) is 0. The predicted molar refractivity (Wildman–Crippen MR) is 111 cm³/mol. The largest absolute Gasteiger partial charge is 0.497 e. The molecule has 1 aromatic heterocycles. The molecule has 8 nitrogen and oxygen atoms in total. The van der Waals surface area contributed by atoms with E-state index in [2.05, 4.69) is 35.8 Å². The highest BCUT2D eigenvalue weighted by atomic mass is 16.5. The van der Waals surface area contributed by atoms with Crippen molar-refractivity contribution in [2.75, 3.05) is 48.8 Å². The normalized spacial score (nSPS) is 13.8. The first-order chi connectivity index (χ1) is 13.8. The Hall–Kier alpha value is -3.39. The molecule has 0 bridgehead atoms. The summed E-state index contributed by atoms with van der Waals surface area (Å²) in [5.74, 6) is 2.40. The van der Waals surface area contributed by atoms with Crippen LogP contribution in [0.15, 0.2) is 54.6 Å². The summed E-state index contributed by atoms with van der Waals surface area (Å²) in [6.45, 7) is 3.53. The van der Waals surface area contributed by atoms with Gasteiger partial charge in [-0.25, -0.2) is 0 Å². The van der Waals surface area contributed by atoms with Gasteiger partial charge in [-0.05, 0) is 24.3 Å². The zero-order valence-electron chi connectivity index (χ0n) is 15.7. The Bertz CT molecular complexity index is 913. The molecule has 1 aliphatic heterocycles. The van der Waals surface area contributed by atoms with E-state index in [0.29, 0.717) is 17.8 Å². The standard InChI is InChI=1S/C20H23N7O/c1-28-17-9-5-8-16(14-17)23-19-24-18(22-15-6-3-2-4-7-15)25-20(26-19)27-12-10-21-11-13-27/h2-9,14,21H,10-13H2,1H3,(H2,22,23,24,25,26). The minimum Gasteiger partial charge on any atom is -0.497 e. The lowest BCUT2D eigenvalue weighted by molar-refractivity contribution is 0.415. The first-order valence-corrected chi connectivity index (χ1v) is 9.25. The summed E-state index contributed by atoms with van der Waals surface area (Å²) < 4.78 is 5.29. The van der Waals surface area contributed by atoms with Gasteiger partial charge in [-0.1, -0.05) is 24.3 Å². The fourth-order valence-electron chi connectivity index (χ4n) is 2.96. The molecule has 8 heteroatoms. The fourth-order valence-corrected chi connectivity index (χ4v) is 2.96. The zero-order valence-corrected chi connectivity index (χ0v) is 15.7. The number of hydrogen-bond donors (Lipinski definition) is 3. The maximum absolute atomic E-state index is 5.29. The van der Waals surface area contributed by atoms with Crippen molar-refractivity contribution in [3.63, 3.8) is 0 Å². The second-order valence-electron chi connectivity index (χ2n) is 6.37. The number of hydrogen-bond acceptors (Lipinski definition) is 8. The Morgan fingerprint density at radius 3 is 2.25 bits per heavy atom. The molecule has 28 heavy (non-hydrogen) atoms. The van der Waals surface area contributed by atoms with Gasteiger partial charge in [-0.3, -0.25) is 0 Å². The molecule has 2 heterocycles. The summed E-state index contributed by atoms with van der Waals surface area (Å²) in [5.41, 5.74) is 1.77. The van der Waals surface area contributed by atoms with Crippen LogP contribution in [0.5, 0.6) is 5.75 Å². The number of aromatic nitrogens is 3. The van der Waals surface area contributed by atoms with Gasteiger partial charge >= 0.3 is 0 Å². The van der Waals surface area contributed by atoms with Crippen molar-refractivity contribution in [2.24, 2.45) is 0 Å². The average molecular weight is 377 g/mol. The third kappa shape index (κ3) is 4.47. The Morgan fingerprint density at radius 2 is 1.54 bits per heavy atom. The number of piperazine rings is 1. The van der Waals surface area contributed by atoms with Gasteiger partial charge < -0.3 is 25.6 Å². The molecule has 3 aromatic rings. The van der Waals surface area contributed by atoms with E-state index >= 15 is 0 Å². The molecule has 2 aromatic carbocycles. The molecular weight excluding hydrogens is 354 g/mol. The highest BCUT2D eigenvalue weighted by Gasteiger charge is 2.16. The van der Waals surface area contributed by atoms with Gasteiger partial charge in [0.1, 0.15) is 5.75 Å². The van der Waals surface area contributed by atoms with E-state index in [0.717, 1.165) is 43.3 Å². The third-order valence-electron chi connectivity index (χ3n) is 4.38. The molecular formula is C20H23N7O. The second-order valence-corrected chi connectivity index (χ2v) is 6.37. The zero-order chi connectivity index (χ0) is 19.2. The molecule has 0 spiro atoms. The van der Waals surface area contributed by atoms with E-state index < -0.39 is 0 Å². The van der Waals surface area contributed by atoms with Crippen LogP contribution in [-0.4, -0.2) is 48.2 Å². The number of ether oxygens (including phenoxy) is 1. The number of anilines is 5. The Balaban J connectivity index is 1.64. The summed E-state index contributed by atoms with van der Waals surface area (Å²) in [6, 6.07) is 17.5. The van der Waals surface area contributed by atoms with Crippen molar-refractivity contribution in [2.45, 2.75) is 0 Å². The SMILES string of the molecule is COc1cccc(Nc2nc(Nc3ccccc3)nc(N3CCNCC3)n2)c1. The van der Waals surface area contributed by atoms with Crippen LogP contribution in [0.25, 0.3) is 0 Å². The molecule has 0 aliphatic carbocycles. The van der Waals surface area contributed by atoms with Crippen molar-refractivity contribution >= 4 is 29.2 Å². The van der Waals surface area contributed by atoms with Gasteiger partial charge in [0, 0.05) is 43.6 Å². The van der Waals surface area contributed by atoms with Crippen LogP contribution in [0, 0.1) is 0 Å². The van der Waals surface area contributed by atoms with Gasteiger partial charge in [0.2, 0.25) is 17.8 Å². The van der Waals surface area contributed by atoms with E-state index in [4.69, 9.17) is 4.74 Å². The summed E-state index contributed by atoms with van der Waals surface area (Å²) in [7, 11) is 1.65. The summed E-state index contributed by atoms with van der Waals surface area (Å²) >= 11 is 0. The first kappa shape index (κ1) is 18.0. The molecule has 1 aliphatic rings. The molecule has 0 atom stereocenters. The molecule has 0 radical (unpaired) electrons. The maximum Gasteiger partial charge on any atom is 0.233 e. The monoisotopic (exact) mass is 377 g/mol. The Labute approximate surface area is 164 Å². The highest BCUT2D eigenvalue weighted by molar-refractivity contribution is 5.60. The van der Waals surface area contributed by atoms with Crippen molar-refractivity contribution < 1.29 is 4.74 Å². The van der Waals surface area contributed by atoms with Crippen molar-refractivity contribution in [3.05, 3.63) is 54.6 Å². The first-order valence-electron chi connectivity index (χ1n) is 9.25. The quantitative estimate of drug-likeness (QED) is 0.604. The number of methoxy groups -OCH3 is 1. The van der Waals surface area contributed by atoms with Crippen LogP contribution in [-0.2, 0) is 0 Å². The van der Waals surface area contributed by atoms with E-state index in [1.165, 1.54) is 0 Å². The van der Waals surface area contributed by atoms with Gasteiger partial charge in [0.05, 0.1) is 7.11 Å². The minimum atomic E-state index is 0.482. The smallest absolute Gasteiger partial charge is 0.233 e. The number of nitrogens with zero attached hydrogens (tertiary/aromatic N) is 4. The van der Waals surface area contributed by atoms with E-state index in [1.54, 1.807) is 7.11 Å². The third-order valence-corrected chi connectivity index (χ3v) is 4.38. The van der Waals surface area contributed by atoms with Crippen LogP contribution >= 0.6 is 0 Å². The number of rotatable bonds is 6. The van der Waals surface area contributed by atoms with Crippen molar-refractivity contribution in [3.8, 4) is 5.75 Å². The molecule has 0 saturated carbocycles. The average Bonchev–Trinajstić information content (AvgIpc) is 2.75. The van der Waals surface area contributed by atoms with Crippen LogP contribution in [0.3, 0.4) is 0 Å². The van der Waals surface area contributed by atoms with Crippen LogP contribution in [0.2, 0.25) is 0 Å². The predicted octanol–water partition coefficient (Wildman–Crippen LogP) is 2.78. The van der Waals surface area contributed by atoms with Gasteiger partial charge in [-0.2, -0.15) is 15.0 Å². The molecule has 144 valence electrons. The number of benzene rings is 2. The summed E-state index contributed by atoms with van der Waals surface area (Å²) in [5, 5.41) is 9.87. The lowest BCUT2D eigenvalue weighted by Gasteiger charge is -2.27. The highest BCUT2D eigenvalue weighted by Crippen LogP contribution is 2.22. The van der Waals surface area contributed by atoms with Crippen LogP contribution in [0.4, 0.5) is 29.2 Å². The Morgan fingerprint density at radius 1 is 0.857 bits per heavy atom. The second kappa shape index (κ2) is 8.53. The minimum absolute atomic E-state index is 0.482. The fraction of sp³-hybridized carbons (Fsp3) is 0.250. The number of nitrogens with one attached hydrogen (secondary N) is 3. The molecule has 4 rings (SSSR count). The van der Waals surface area contributed by atoms with Gasteiger partial charge in [-0.15, -0.1) is 0 Å². The van der Waals surface area contributed by atoms with E-state index in [1.807, 2.05) is 54.6 Å².